The number of rotatable bonds is 9. The fourth-order valence-electron chi connectivity index (χ4n) is 3.81. The third-order valence-electron chi connectivity index (χ3n) is 6.10. The van der Waals surface area contributed by atoms with Gasteiger partial charge in [-0.2, -0.15) is 0 Å². The Hall–Kier alpha value is -2.34. The third kappa shape index (κ3) is 4.64. The Labute approximate surface area is 172 Å². The van der Waals surface area contributed by atoms with E-state index in [1.807, 2.05) is 13.0 Å². The highest BCUT2D eigenvalue weighted by molar-refractivity contribution is 5.78. The number of aliphatic hydroxyl groups excluding tert-OH is 1. The molecule has 0 aromatic carbocycles. The first-order valence-corrected chi connectivity index (χ1v) is 10.7. The maximum atomic E-state index is 12.9. The highest BCUT2D eigenvalue weighted by atomic mass is 16.3. The monoisotopic (exact) mass is 394 g/mol. The van der Waals surface area contributed by atoms with E-state index in [9.17, 15) is 9.90 Å². The number of carbonyl (C=O) groups is 1. The van der Waals surface area contributed by atoms with E-state index in [1.165, 1.54) is 5.56 Å². The van der Waals surface area contributed by atoms with E-state index in [2.05, 4.69) is 21.9 Å². The van der Waals surface area contributed by atoms with E-state index >= 15 is 0 Å². The molecule has 154 valence electrons. The lowest BCUT2D eigenvalue weighted by atomic mass is 10.0. The Morgan fingerprint density at radius 3 is 2.62 bits per heavy atom. The molecular weight excluding hydrogens is 364 g/mol. The van der Waals surface area contributed by atoms with Crippen molar-refractivity contribution in [2.45, 2.75) is 69.8 Å². The van der Waals surface area contributed by atoms with E-state index in [4.69, 9.17) is 0 Å². The zero-order chi connectivity index (χ0) is 20.4. The standard InChI is InChI=1S/C23H30N4O2/c1-3-10-27(15-20(28)19-14-24-9-6-18(19)17-4-5-17)21(29)11-16-12-25-22(26-13-16)23(2)7-8-23/h6,9,12-14,17,20,28H,3-5,7-8,10-11,15H2,1-2H3. The molecule has 2 fully saturated rings. The molecule has 0 radical (unpaired) electrons. The number of amides is 1. The fourth-order valence-corrected chi connectivity index (χ4v) is 3.81. The Kier molecular flexibility index (Phi) is 5.63. The second kappa shape index (κ2) is 8.19. The van der Waals surface area contributed by atoms with Gasteiger partial charge < -0.3 is 10.0 Å². The summed E-state index contributed by atoms with van der Waals surface area (Å²) in [5.74, 6) is 1.40. The first-order chi connectivity index (χ1) is 14.0. The van der Waals surface area contributed by atoms with Crippen molar-refractivity contribution < 1.29 is 9.90 Å². The predicted molar refractivity (Wildman–Crippen MR) is 110 cm³/mol. The molecule has 1 unspecified atom stereocenters. The summed E-state index contributed by atoms with van der Waals surface area (Å²) in [4.78, 5) is 27.8. The number of pyridine rings is 1. The average molecular weight is 395 g/mol. The number of carbonyl (C=O) groups excluding carboxylic acids is 1. The smallest absolute Gasteiger partial charge is 0.227 e. The van der Waals surface area contributed by atoms with Crippen LogP contribution in [0.3, 0.4) is 0 Å². The number of hydrogen-bond donors (Lipinski definition) is 1. The van der Waals surface area contributed by atoms with Crippen molar-refractivity contribution in [3.05, 3.63) is 53.4 Å². The van der Waals surface area contributed by atoms with Crippen LogP contribution >= 0.6 is 0 Å². The van der Waals surface area contributed by atoms with Gasteiger partial charge in [0.1, 0.15) is 5.82 Å². The summed E-state index contributed by atoms with van der Waals surface area (Å²) in [6, 6.07) is 2.00. The molecule has 2 heterocycles. The van der Waals surface area contributed by atoms with Gasteiger partial charge in [-0.25, -0.2) is 9.97 Å². The molecule has 2 aromatic heterocycles. The van der Waals surface area contributed by atoms with Crippen LogP contribution in [-0.2, 0) is 16.6 Å². The molecule has 2 saturated carbocycles. The van der Waals surface area contributed by atoms with Crippen molar-refractivity contribution in [1.82, 2.24) is 19.9 Å². The van der Waals surface area contributed by atoms with Crippen LogP contribution in [0.25, 0.3) is 0 Å². The van der Waals surface area contributed by atoms with Gasteiger partial charge in [0, 0.05) is 42.3 Å². The van der Waals surface area contributed by atoms with Crippen molar-refractivity contribution >= 4 is 5.91 Å². The second-order valence-electron chi connectivity index (χ2n) is 8.79. The molecule has 1 N–H and O–H groups in total. The predicted octanol–water partition coefficient (Wildman–Crippen LogP) is 3.32. The van der Waals surface area contributed by atoms with Gasteiger partial charge in [0.05, 0.1) is 19.1 Å². The van der Waals surface area contributed by atoms with Crippen LogP contribution < -0.4 is 0 Å². The van der Waals surface area contributed by atoms with E-state index in [0.29, 0.717) is 12.5 Å². The lowest BCUT2D eigenvalue weighted by Gasteiger charge is -2.26. The van der Waals surface area contributed by atoms with Crippen LogP contribution in [0, 0.1) is 0 Å². The first-order valence-electron chi connectivity index (χ1n) is 10.7. The molecule has 2 aliphatic rings. The molecule has 4 rings (SSSR count). The summed E-state index contributed by atoms with van der Waals surface area (Å²) in [5, 5.41) is 10.9. The molecule has 0 spiro atoms. The van der Waals surface area contributed by atoms with E-state index in [-0.39, 0.29) is 24.3 Å². The van der Waals surface area contributed by atoms with Crippen molar-refractivity contribution in [2.24, 2.45) is 0 Å². The number of aromatic nitrogens is 3. The topological polar surface area (TPSA) is 79.2 Å². The van der Waals surface area contributed by atoms with Crippen LogP contribution in [-0.4, -0.2) is 44.0 Å². The second-order valence-corrected chi connectivity index (χ2v) is 8.79. The van der Waals surface area contributed by atoms with Crippen LogP contribution in [0.4, 0.5) is 0 Å². The van der Waals surface area contributed by atoms with Gasteiger partial charge in [0.15, 0.2) is 0 Å². The Morgan fingerprint density at radius 1 is 1.28 bits per heavy atom. The van der Waals surface area contributed by atoms with Crippen molar-refractivity contribution in [2.75, 3.05) is 13.1 Å². The zero-order valence-corrected chi connectivity index (χ0v) is 17.3. The van der Waals surface area contributed by atoms with Crippen molar-refractivity contribution in [3.63, 3.8) is 0 Å². The fraction of sp³-hybridized carbons (Fsp3) is 0.565. The minimum Gasteiger partial charge on any atom is -0.386 e. The van der Waals surface area contributed by atoms with Crippen LogP contribution in [0.1, 0.15) is 80.5 Å². The molecular formula is C23H30N4O2. The number of hydrogen-bond acceptors (Lipinski definition) is 5. The molecule has 6 nitrogen and oxygen atoms in total. The van der Waals surface area contributed by atoms with E-state index in [0.717, 1.165) is 49.1 Å². The van der Waals surface area contributed by atoms with Crippen molar-refractivity contribution in [3.8, 4) is 0 Å². The third-order valence-corrected chi connectivity index (χ3v) is 6.10. The highest BCUT2D eigenvalue weighted by Gasteiger charge is 2.41. The Bertz CT molecular complexity index is 859. The van der Waals surface area contributed by atoms with Crippen LogP contribution in [0.5, 0.6) is 0 Å². The summed E-state index contributed by atoms with van der Waals surface area (Å²) in [5.41, 5.74) is 2.98. The SMILES string of the molecule is CCCN(CC(O)c1cnccc1C1CC1)C(=O)Cc1cnc(C2(C)CC2)nc1. The summed E-state index contributed by atoms with van der Waals surface area (Å²) >= 11 is 0. The molecule has 2 aromatic rings. The lowest BCUT2D eigenvalue weighted by Crippen LogP contribution is -2.36. The van der Waals surface area contributed by atoms with Gasteiger partial charge in [-0.15, -0.1) is 0 Å². The van der Waals surface area contributed by atoms with Gasteiger partial charge in [-0.1, -0.05) is 13.8 Å². The zero-order valence-electron chi connectivity index (χ0n) is 17.3. The summed E-state index contributed by atoms with van der Waals surface area (Å²) in [7, 11) is 0. The maximum Gasteiger partial charge on any atom is 0.227 e. The van der Waals surface area contributed by atoms with E-state index in [1.54, 1.807) is 29.7 Å². The van der Waals surface area contributed by atoms with Gasteiger partial charge in [0.2, 0.25) is 5.91 Å². The summed E-state index contributed by atoms with van der Waals surface area (Å²) < 4.78 is 0. The lowest BCUT2D eigenvalue weighted by molar-refractivity contribution is -0.132. The number of nitrogens with zero attached hydrogens (tertiary/aromatic N) is 4. The van der Waals surface area contributed by atoms with Gasteiger partial charge in [-0.3, -0.25) is 9.78 Å². The molecule has 1 atom stereocenters. The van der Waals surface area contributed by atoms with Gasteiger partial charge in [0.25, 0.3) is 0 Å². The quantitative estimate of drug-likeness (QED) is 0.706. The Morgan fingerprint density at radius 2 is 2.00 bits per heavy atom. The summed E-state index contributed by atoms with van der Waals surface area (Å²) in [6.07, 6.45) is 12.0. The van der Waals surface area contributed by atoms with Crippen molar-refractivity contribution in [1.29, 1.82) is 0 Å². The molecule has 2 aliphatic carbocycles. The normalized spacial score (nSPS) is 18.3. The average Bonchev–Trinajstić information content (AvgIpc) is 3.65. The van der Waals surface area contributed by atoms with Crippen LogP contribution in [0.2, 0.25) is 0 Å². The summed E-state index contributed by atoms with van der Waals surface area (Å²) in [6.45, 7) is 5.12. The van der Waals surface area contributed by atoms with E-state index < -0.39 is 6.10 Å². The molecule has 29 heavy (non-hydrogen) atoms. The first kappa shape index (κ1) is 20.0. The molecule has 0 aliphatic heterocycles. The molecule has 1 amide bonds. The minimum atomic E-state index is -0.719. The molecule has 0 saturated heterocycles. The maximum absolute atomic E-state index is 12.9. The highest BCUT2D eigenvalue weighted by Crippen LogP contribution is 2.45. The molecule has 0 bridgehead atoms. The Balaban J connectivity index is 1.42. The molecule has 6 heteroatoms. The minimum absolute atomic E-state index is 0.00301. The van der Waals surface area contributed by atoms with Crippen LogP contribution in [0.15, 0.2) is 30.9 Å². The van der Waals surface area contributed by atoms with Gasteiger partial charge in [-0.05, 0) is 55.2 Å². The van der Waals surface area contributed by atoms with Gasteiger partial charge >= 0.3 is 0 Å². The number of aliphatic hydroxyl groups is 1. The largest absolute Gasteiger partial charge is 0.386 e.